The molecule has 24 heavy (non-hydrogen) atoms. The molecule has 2 rings (SSSR count). The summed E-state index contributed by atoms with van der Waals surface area (Å²) in [5.74, 6) is 0.0417. The maximum absolute atomic E-state index is 12.5. The predicted octanol–water partition coefficient (Wildman–Crippen LogP) is 5.62. The van der Waals surface area contributed by atoms with E-state index in [0.29, 0.717) is 5.02 Å². The summed E-state index contributed by atoms with van der Waals surface area (Å²) in [4.78, 5) is 13.5. The summed E-state index contributed by atoms with van der Waals surface area (Å²) >= 11 is 7.43. The molecule has 0 bridgehead atoms. The zero-order chi connectivity index (χ0) is 17.9. The third-order valence-corrected chi connectivity index (χ3v) is 5.57. The van der Waals surface area contributed by atoms with Gasteiger partial charge in [0.1, 0.15) is 0 Å². The van der Waals surface area contributed by atoms with Gasteiger partial charge in [-0.05, 0) is 81.1 Å². The lowest BCUT2D eigenvalue weighted by Gasteiger charge is -2.20. The second-order valence-corrected chi connectivity index (χ2v) is 8.09. The molecule has 0 radical (unpaired) electrons. The van der Waals surface area contributed by atoms with Crippen LogP contribution in [0.2, 0.25) is 5.02 Å². The molecule has 0 heterocycles. The molecule has 0 aliphatic heterocycles. The molecule has 0 aliphatic carbocycles. The van der Waals surface area contributed by atoms with Crippen LogP contribution in [0.1, 0.15) is 42.1 Å². The van der Waals surface area contributed by atoms with E-state index in [9.17, 15) is 4.79 Å². The quantitative estimate of drug-likeness (QED) is 0.700. The van der Waals surface area contributed by atoms with E-state index in [1.165, 1.54) is 34.0 Å². The van der Waals surface area contributed by atoms with Crippen LogP contribution in [0.5, 0.6) is 0 Å². The molecule has 1 amide bonds. The smallest absolute Gasteiger partial charge is 0.233 e. The number of carbonyl (C=O) groups is 1. The standard InChI is InChI=1S/C20H24ClNOS/c1-12-10-14(3)19(11-13(12)2)15(4)22-20(23)16(5)24-18-8-6-17(21)7-9-18/h6-11,15-16H,1-5H3,(H,22,23)/t15-,16+/m1/s1. The SMILES string of the molecule is Cc1cc(C)c([C@@H](C)NC(=O)[C@H](C)Sc2ccc(Cl)cc2)cc1C. The lowest BCUT2D eigenvalue weighted by atomic mass is 9.96. The zero-order valence-corrected chi connectivity index (χ0v) is 16.4. The highest BCUT2D eigenvalue weighted by molar-refractivity contribution is 8.00. The molecule has 2 aromatic carbocycles. The van der Waals surface area contributed by atoms with Gasteiger partial charge in [-0.25, -0.2) is 0 Å². The van der Waals surface area contributed by atoms with Crippen LogP contribution in [0, 0.1) is 20.8 Å². The van der Waals surface area contributed by atoms with Gasteiger partial charge in [0.05, 0.1) is 11.3 Å². The van der Waals surface area contributed by atoms with Gasteiger partial charge in [-0.3, -0.25) is 4.79 Å². The molecule has 0 aromatic heterocycles. The summed E-state index contributed by atoms with van der Waals surface area (Å²) in [5.41, 5.74) is 4.92. The molecule has 2 nitrogen and oxygen atoms in total. The van der Waals surface area contributed by atoms with E-state index in [4.69, 9.17) is 11.6 Å². The highest BCUT2D eigenvalue weighted by atomic mass is 35.5. The Morgan fingerprint density at radius 1 is 1.00 bits per heavy atom. The van der Waals surface area contributed by atoms with Crippen molar-refractivity contribution in [3.05, 3.63) is 63.7 Å². The number of carbonyl (C=O) groups excluding carboxylic acids is 1. The topological polar surface area (TPSA) is 29.1 Å². The first-order chi connectivity index (χ1) is 11.3. The van der Waals surface area contributed by atoms with E-state index >= 15 is 0 Å². The van der Waals surface area contributed by atoms with Gasteiger partial charge in [0.15, 0.2) is 0 Å². The van der Waals surface area contributed by atoms with E-state index in [1.54, 1.807) is 0 Å². The number of aryl methyl sites for hydroxylation is 3. The first kappa shape index (κ1) is 18.9. The van der Waals surface area contributed by atoms with Crippen molar-refractivity contribution >= 4 is 29.3 Å². The van der Waals surface area contributed by atoms with Crippen LogP contribution in [-0.2, 0) is 4.79 Å². The van der Waals surface area contributed by atoms with Crippen molar-refractivity contribution in [1.29, 1.82) is 0 Å². The van der Waals surface area contributed by atoms with Gasteiger partial charge in [0, 0.05) is 9.92 Å². The monoisotopic (exact) mass is 361 g/mol. The third-order valence-electron chi connectivity index (χ3n) is 4.20. The van der Waals surface area contributed by atoms with E-state index < -0.39 is 0 Å². The number of nitrogens with one attached hydrogen (secondary N) is 1. The third kappa shape index (κ3) is 4.78. The van der Waals surface area contributed by atoms with Gasteiger partial charge >= 0.3 is 0 Å². The van der Waals surface area contributed by atoms with Crippen LogP contribution < -0.4 is 5.32 Å². The fourth-order valence-electron chi connectivity index (χ4n) is 2.63. The second-order valence-electron chi connectivity index (χ2n) is 6.24. The number of amides is 1. The van der Waals surface area contributed by atoms with Crippen LogP contribution in [0.4, 0.5) is 0 Å². The molecule has 0 saturated carbocycles. The van der Waals surface area contributed by atoms with Crippen molar-refractivity contribution in [3.8, 4) is 0 Å². The van der Waals surface area contributed by atoms with E-state index in [0.717, 1.165) is 4.90 Å². The summed E-state index contributed by atoms with van der Waals surface area (Å²) in [6.07, 6.45) is 0. The molecule has 0 aliphatic rings. The van der Waals surface area contributed by atoms with Crippen molar-refractivity contribution in [2.75, 3.05) is 0 Å². The number of rotatable bonds is 5. The maximum atomic E-state index is 12.5. The average Bonchev–Trinajstić information content (AvgIpc) is 2.52. The average molecular weight is 362 g/mol. The van der Waals surface area contributed by atoms with Gasteiger partial charge in [-0.2, -0.15) is 0 Å². The minimum Gasteiger partial charge on any atom is -0.349 e. The number of thioether (sulfide) groups is 1. The van der Waals surface area contributed by atoms with Crippen LogP contribution >= 0.6 is 23.4 Å². The molecular weight excluding hydrogens is 338 g/mol. The van der Waals surface area contributed by atoms with Crippen LogP contribution in [0.25, 0.3) is 0 Å². The molecule has 4 heteroatoms. The minimum absolute atomic E-state index is 0.00920. The van der Waals surface area contributed by atoms with Gasteiger partial charge in [-0.15, -0.1) is 11.8 Å². The maximum Gasteiger partial charge on any atom is 0.233 e. The Labute approximate surface area is 154 Å². The summed E-state index contributed by atoms with van der Waals surface area (Å²) in [5, 5.41) is 3.67. The highest BCUT2D eigenvalue weighted by Gasteiger charge is 2.18. The Morgan fingerprint density at radius 2 is 1.58 bits per heavy atom. The lowest BCUT2D eigenvalue weighted by molar-refractivity contribution is -0.120. The van der Waals surface area contributed by atoms with Gasteiger partial charge in [-0.1, -0.05) is 23.7 Å². The molecule has 0 fully saturated rings. The van der Waals surface area contributed by atoms with E-state index in [-0.39, 0.29) is 17.2 Å². The Balaban J connectivity index is 2.03. The molecule has 0 unspecified atom stereocenters. The van der Waals surface area contributed by atoms with Crippen molar-refractivity contribution < 1.29 is 4.79 Å². The normalized spacial score (nSPS) is 13.4. The predicted molar refractivity (Wildman–Crippen MR) is 104 cm³/mol. The molecule has 2 aromatic rings. The Morgan fingerprint density at radius 3 is 2.21 bits per heavy atom. The zero-order valence-electron chi connectivity index (χ0n) is 14.8. The number of hydrogen-bond acceptors (Lipinski definition) is 2. The van der Waals surface area contributed by atoms with E-state index in [2.05, 4.69) is 38.2 Å². The van der Waals surface area contributed by atoms with Gasteiger partial charge in [0.25, 0.3) is 0 Å². The van der Waals surface area contributed by atoms with Crippen molar-refractivity contribution in [1.82, 2.24) is 5.32 Å². The molecular formula is C20H24ClNOS. The fourth-order valence-corrected chi connectivity index (χ4v) is 3.63. The summed E-state index contributed by atoms with van der Waals surface area (Å²) < 4.78 is 0. The number of hydrogen-bond donors (Lipinski definition) is 1. The number of halogens is 1. The minimum atomic E-state index is -0.166. The summed E-state index contributed by atoms with van der Waals surface area (Å²) in [7, 11) is 0. The van der Waals surface area contributed by atoms with Gasteiger partial charge in [0.2, 0.25) is 5.91 Å². The van der Waals surface area contributed by atoms with E-state index in [1.807, 2.05) is 38.1 Å². The molecule has 128 valence electrons. The Bertz CT molecular complexity index is 727. The van der Waals surface area contributed by atoms with Crippen LogP contribution in [-0.4, -0.2) is 11.2 Å². The second kappa shape index (κ2) is 8.09. The molecule has 2 atom stereocenters. The molecule has 0 saturated heterocycles. The Kier molecular flexibility index (Phi) is 6.36. The van der Waals surface area contributed by atoms with Crippen LogP contribution in [0.15, 0.2) is 41.3 Å². The molecule has 0 spiro atoms. The largest absolute Gasteiger partial charge is 0.349 e. The number of benzene rings is 2. The van der Waals surface area contributed by atoms with Crippen LogP contribution in [0.3, 0.4) is 0 Å². The lowest BCUT2D eigenvalue weighted by Crippen LogP contribution is -2.33. The van der Waals surface area contributed by atoms with Crippen molar-refractivity contribution in [2.45, 2.75) is 50.8 Å². The molecule has 1 N–H and O–H groups in total. The first-order valence-electron chi connectivity index (χ1n) is 8.08. The summed E-state index contributed by atoms with van der Waals surface area (Å²) in [6.45, 7) is 10.3. The van der Waals surface area contributed by atoms with Crippen molar-refractivity contribution in [3.63, 3.8) is 0 Å². The first-order valence-corrected chi connectivity index (χ1v) is 9.34. The Hall–Kier alpha value is -1.45. The fraction of sp³-hybridized carbons (Fsp3) is 0.350. The van der Waals surface area contributed by atoms with Gasteiger partial charge < -0.3 is 5.32 Å². The summed E-state index contributed by atoms with van der Waals surface area (Å²) in [6, 6.07) is 11.9. The highest BCUT2D eigenvalue weighted by Crippen LogP contribution is 2.26. The van der Waals surface area contributed by atoms with Crippen molar-refractivity contribution in [2.24, 2.45) is 0 Å².